The molecule has 0 aromatic rings. The van der Waals surface area contributed by atoms with Crippen molar-refractivity contribution in [1.29, 1.82) is 0 Å². The number of hydrogen-bond donors (Lipinski definition) is 2. The van der Waals surface area contributed by atoms with Gasteiger partial charge in [-0.05, 0) is 20.3 Å². The summed E-state index contributed by atoms with van der Waals surface area (Å²) < 4.78 is 0. The molecule has 0 aliphatic rings. The highest BCUT2D eigenvalue weighted by molar-refractivity contribution is 5.80. The Hall–Kier alpha value is -1.36. The van der Waals surface area contributed by atoms with Gasteiger partial charge >= 0.3 is 5.97 Å². The average Bonchev–Trinajstić information content (AvgIpc) is 2.30. The molecule has 5 heteroatoms. The van der Waals surface area contributed by atoms with E-state index in [1.165, 1.54) is 0 Å². The van der Waals surface area contributed by atoms with Gasteiger partial charge in [0.1, 0.15) is 6.04 Å². The number of likely N-dealkylation sites (N-methyl/N-ethyl adjacent to an activating group) is 1. The van der Waals surface area contributed by atoms with Crippen molar-refractivity contribution in [3.05, 3.63) is 12.2 Å². The first-order valence-electron chi connectivity index (χ1n) is 6.30. The molecule has 18 heavy (non-hydrogen) atoms. The fourth-order valence-corrected chi connectivity index (χ4v) is 1.63. The van der Waals surface area contributed by atoms with Crippen LogP contribution in [0.2, 0.25) is 0 Å². The lowest BCUT2D eigenvalue weighted by Gasteiger charge is -2.22. The van der Waals surface area contributed by atoms with E-state index in [1.54, 1.807) is 4.90 Å². The minimum atomic E-state index is -0.910. The van der Waals surface area contributed by atoms with Crippen molar-refractivity contribution in [3.63, 3.8) is 0 Å². The maximum atomic E-state index is 11.9. The molecule has 0 fully saturated rings. The Labute approximate surface area is 109 Å². The van der Waals surface area contributed by atoms with Gasteiger partial charge in [0, 0.05) is 13.1 Å². The van der Waals surface area contributed by atoms with Gasteiger partial charge in [-0.15, -0.1) is 0 Å². The fraction of sp³-hybridized carbons (Fsp3) is 0.692. The van der Waals surface area contributed by atoms with Gasteiger partial charge in [-0.3, -0.25) is 14.9 Å². The molecule has 0 rings (SSSR count). The van der Waals surface area contributed by atoms with E-state index in [1.807, 2.05) is 20.8 Å². The minimum Gasteiger partial charge on any atom is -0.480 e. The molecule has 5 nitrogen and oxygen atoms in total. The van der Waals surface area contributed by atoms with Crippen molar-refractivity contribution in [2.24, 2.45) is 0 Å². The molecule has 0 aliphatic carbocycles. The maximum absolute atomic E-state index is 11.9. The minimum absolute atomic E-state index is 0.0537. The molecule has 0 radical (unpaired) electrons. The van der Waals surface area contributed by atoms with E-state index in [0.29, 0.717) is 19.5 Å². The lowest BCUT2D eigenvalue weighted by atomic mass is 10.1. The zero-order valence-electron chi connectivity index (χ0n) is 11.5. The predicted octanol–water partition coefficient (Wildman–Crippen LogP) is 1.25. The second-order valence-corrected chi connectivity index (χ2v) is 4.43. The van der Waals surface area contributed by atoms with E-state index in [2.05, 4.69) is 11.9 Å². The van der Waals surface area contributed by atoms with Crippen LogP contribution in [0, 0.1) is 0 Å². The summed E-state index contributed by atoms with van der Waals surface area (Å²) in [5.74, 6) is -1.00. The van der Waals surface area contributed by atoms with Crippen LogP contribution in [0.5, 0.6) is 0 Å². The molecule has 1 amide bonds. The van der Waals surface area contributed by atoms with Crippen molar-refractivity contribution < 1.29 is 14.7 Å². The molecular weight excluding hydrogens is 232 g/mol. The Morgan fingerprint density at radius 2 is 2.00 bits per heavy atom. The van der Waals surface area contributed by atoms with Crippen LogP contribution in [-0.4, -0.2) is 47.6 Å². The van der Waals surface area contributed by atoms with Crippen LogP contribution in [0.1, 0.15) is 33.6 Å². The summed E-state index contributed by atoms with van der Waals surface area (Å²) in [6, 6.07) is -0.650. The molecule has 0 heterocycles. The van der Waals surface area contributed by atoms with Crippen LogP contribution >= 0.6 is 0 Å². The standard InChI is InChI=1S/C13H24N2O3/c1-5-7-11(13(17)18)14-8-12(16)15(6-2)9-10(3)4/h11,14H,3,5-9H2,1-2,4H3,(H,17,18). The number of amides is 1. The highest BCUT2D eigenvalue weighted by Crippen LogP contribution is 1.99. The number of hydrogen-bond acceptors (Lipinski definition) is 3. The van der Waals surface area contributed by atoms with Crippen LogP contribution in [0.3, 0.4) is 0 Å². The lowest BCUT2D eigenvalue weighted by molar-refractivity contribution is -0.140. The van der Waals surface area contributed by atoms with Crippen LogP contribution in [0.25, 0.3) is 0 Å². The third-order valence-electron chi connectivity index (χ3n) is 2.57. The summed E-state index contributed by atoms with van der Waals surface area (Å²) in [5, 5.41) is 11.7. The molecule has 0 aliphatic heterocycles. The first-order chi connectivity index (χ1) is 8.42. The van der Waals surface area contributed by atoms with Gasteiger partial charge in [0.25, 0.3) is 0 Å². The first-order valence-corrected chi connectivity index (χ1v) is 6.30. The van der Waals surface area contributed by atoms with Gasteiger partial charge in [0.2, 0.25) is 5.91 Å². The number of aliphatic carboxylic acids is 1. The molecule has 0 aromatic heterocycles. The number of nitrogens with zero attached hydrogens (tertiary/aromatic N) is 1. The summed E-state index contributed by atoms with van der Waals surface area (Å²) in [4.78, 5) is 24.4. The van der Waals surface area contributed by atoms with Gasteiger partial charge in [-0.25, -0.2) is 0 Å². The number of carbonyl (C=O) groups is 2. The number of carbonyl (C=O) groups excluding carboxylic acids is 1. The summed E-state index contributed by atoms with van der Waals surface area (Å²) >= 11 is 0. The molecule has 2 N–H and O–H groups in total. The van der Waals surface area contributed by atoms with E-state index in [0.717, 1.165) is 12.0 Å². The normalized spacial score (nSPS) is 11.9. The Kier molecular flexibility index (Phi) is 8.03. The van der Waals surface area contributed by atoms with E-state index >= 15 is 0 Å². The van der Waals surface area contributed by atoms with Crippen molar-refractivity contribution in [2.75, 3.05) is 19.6 Å². The zero-order valence-corrected chi connectivity index (χ0v) is 11.5. The molecule has 0 saturated carbocycles. The Morgan fingerprint density at radius 3 is 2.39 bits per heavy atom. The molecule has 0 bridgehead atoms. The third kappa shape index (κ3) is 6.39. The second kappa shape index (κ2) is 8.69. The van der Waals surface area contributed by atoms with Gasteiger partial charge in [-0.1, -0.05) is 25.5 Å². The molecule has 1 atom stereocenters. The van der Waals surface area contributed by atoms with Gasteiger partial charge in [-0.2, -0.15) is 0 Å². The highest BCUT2D eigenvalue weighted by atomic mass is 16.4. The number of nitrogens with one attached hydrogen (secondary N) is 1. The van der Waals surface area contributed by atoms with Crippen LogP contribution < -0.4 is 5.32 Å². The molecular formula is C13H24N2O3. The SMILES string of the molecule is C=C(C)CN(CC)C(=O)CNC(CCC)C(=O)O. The quantitative estimate of drug-likeness (QED) is 0.609. The third-order valence-corrected chi connectivity index (χ3v) is 2.57. The summed E-state index contributed by atoms with van der Waals surface area (Å²) in [6.07, 6.45) is 1.29. The van der Waals surface area contributed by atoms with Crippen molar-refractivity contribution in [1.82, 2.24) is 10.2 Å². The molecule has 104 valence electrons. The van der Waals surface area contributed by atoms with Gasteiger partial charge in [0.15, 0.2) is 0 Å². The topological polar surface area (TPSA) is 69.6 Å². The molecule has 0 spiro atoms. The van der Waals surface area contributed by atoms with Crippen molar-refractivity contribution in [2.45, 2.75) is 39.7 Å². The van der Waals surface area contributed by atoms with Crippen molar-refractivity contribution >= 4 is 11.9 Å². The lowest BCUT2D eigenvalue weighted by Crippen LogP contribution is -2.45. The van der Waals surface area contributed by atoms with Crippen LogP contribution in [0.15, 0.2) is 12.2 Å². The summed E-state index contributed by atoms with van der Waals surface area (Å²) in [7, 11) is 0. The Morgan fingerprint density at radius 1 is 1.39 bits per heavy atom. The van der Waals surface area contributed by atoms with Crippen molar-refractivity contribution in [3.8, 4) is 0 Å². The molecule has 1 unspecified atom stereocenters. The largest absolute Gasteiger partial charge is 0.480 e. The number of carboxylic acid groups (broad SMARTS) is 1. The predicted molar refractivity (Wildman–Crippen MR) is 71.4 cm³/mol. The first kappa shape index (κ1) is 16.6. The van der Waals surface area contributed by atoms with Gasteiger partial charge in [0.05, 0.1) is 6.54 Å². The van der Waals surface area contributed by atoms with Gasteiger partial charge < -0.3 is 10.0 Å². The molecule has 0 saturated heterocycles. The zero-order chi connectivity index (χ0) is 14.1. The van der Waals surface area contributed by atoms with E-state index in [4.69, 9.17) is 5.11 Å². The Bertz CT molecular complexity index is 303. The van der Waals surface area contributed by atoms with Crippen LogP contribution in [-0.2, 0) is 9.59 Å². The van der Waals surface area contributed by atoms with E-state index in [-0.39, 0.29) is 12.5 Å². The number of rotatable bonds is 9. The maximum Gasteiger partial charge on any atom is 0.320 e. The summed E-state index contributed by atoms with van der Waals surface area (Å²) in [5.41, 5.74) is 0.911. The average molecular weight is 256 g/mol. The second-order valence-electron chi connectivity index (χ2n) is 4.43. The van der Waals surface area contributed by atoms with Crippen LogP contribution in [0.4, 0.5) is 0 Å². The van der Waals surface area contributed by atoms with E-state index in [9.17, 15) is 9.59 Å². The molecule has 0 aromatic carbocycles. The smallest absolute Gasteiger partial charge is 0.320 e. The fourth-order valence-electron chi connectivity index (χ4n) is 1.63. The monoisotopic (exact) mass is 256 g/mol. The highest BCUT2D eigenvalue weighted by Gasteiger charge is 2.18. The summed E-state index contributed by atoms with van der Waals surface area (Å²) in [6.45, 7) is 10.6. The van der Waals surface area contributed by atoms with E-state index < -0.39 is 12.0 Å². The Balaban J connectivity index is 4.27. The number of carboxylic acids is 1.